The summed E-state index contributed by atoms with van der Waals surface area (Å²) in [5, 5.41) is 7.45. The van der Waals surface area contributed by atoms with Crippen LogP contribution in [0.5, 0.6) is 0 Å². The van der Waals surface area contributed by atoms with E-state index in [1.807, 2.05) is 4.90 Å². The van der Waals surface area contributed by atoms with Crippen LogP contribution in [0.4, 0.5) is 0 Å². The topological polar surface area (TPSA) is 50.2 Å². The number of carbonyl (C=O) groups is 1. The summed E-state index contributed by atoms with van der Waals surface area (Å²) in [6, 6.07) is 1.77. The van der Waals surface area contributed by atoms with E-state index in [4.69, 9.17) is 0 Å². The van der Waals surface area contributed by atoms with E-state index >= 15 is 0 Å². The SMILES string of the molecule is CCC(C)=CNC1=C(C)CN(C(=O)c2ccnn2C)CC1. The van der Waals surface area contributed by atoms with Crippen LogP contribution < -0.4 is 5.32 Å². The first-order valence-corrected chi connectivity index (χ1v) is 7.41. The lowest BCUT2D eigenvalue weighted by molar-refractivity contribution is 0.0751. The van der Waals surface area contributed by atoms with Crippen molar-refractivity contribution < 1.29 is 4.79 Å². The number of rotatable bonds is 4. The van der Waals surface area contributed by atoms with Crippen LogP contribution in [0.15, 0.2) is 35.3 Å². The van der Waals surface area contributed by atoms with Gasteiger partial charge in [-0.05, 0) is 38.1 Å². The van der Waals surface area contributed by atoms with E-state index in [2.05, 4.69) is 37.4 Å². The van der Waals surface area contributed by atoms with Gasteiger partial charge in [-0.25, -0.2) is 0 Å². The highest BCUT2D eigenvalue weighted by molar-refractivity contribution is 5.92. The Bertz CT molecular complexity index is 583. The van der Waals surface area contributed by atoms with Crippen LogP contribution in [0.2, 0.25) is 0 Å². The highest BCUT2D eigenvalue weighted by Crippen LogP contribution is 2.18. The van der Waals surface area contributed by atoms with Gasteiger partial charge in [0.1, 0.15) is 5.69 Å². The van der Waals surface area contributed by atoms with Crippen molar-refractivity contribution in [3.8, 4) is 0 Å². The molecule has 1 amide bonds. The predicted molar refractivity (Wildman–Crippen MR) is 83.6 cm³/mol. The van der Waals surface area contributed by atoms with Crippen molar-refractivity contribution in [1.82, 2.24) is 20.0 Å². The van der Waals surface area contributed by atoms with Crippen molar-refractivity contribution in [3.05, 3.63) is 41.0 Å². The maximum atomic E-state index is 12.5. The third-order valence-corrected chi connectivity index (χ3v) is 3.95. The zero-order valence-electron chi connectivity index (χ0n) is 13.3. The summed E-state index contributed by atoms with van der Waals surface area (Å²) < 4.78 is 1.63. The maximum Gasteiger partial charge on any atom is 0.272 e. The Hall–Kier alpha value is -2.04. The number of hydrogen-bond donors (Lipinski definition) is 1. The molecule has 0 aliphatic carbocycles. The van der Waals surface area contributed by atoms with Gasteiger partial charge in [0.2, 0.25) is 0 Å². The van der Waals surface area contributed by atoms with E-state index in [0.29, 0.717) is 12.2 Å². The van der Waals surface area contributed by atoms with Crippen LogP contribution >= 0.6 is 0 Å². The van der Waals surface area contributed by atoms with Crippen molar-refractivity contribution in [1.29, 1.82) is 0 Å². The summed E-state index contributed by atoms with van der Waals surface area (Å²) in [6.45, 7) is 7.75. The zero-order chi connectivity index (χ0) is 15.4. The molecule has 114 valence electrons. The fourth-order valence-corrected chi connectivity index (χ4v) is 2.35. The average molecular weight is 288 g/mol. The number of aromatic nitrogens is 2. The van der Waals surface area contributed by atoms with Crippen molar-refractivity contribution in [2.75, 3.05) is 13.1 Å². The third-order valence-electron chi connectivity index (χ3n) is 3.95. The predicted octanol–water partition coefficient (Wildman–Crippen LogP) is 2.44. The zero-order valence-corrected chi connectivity index (χ0v) is 13.3. The fraction of sp³-hybridized carbons (Fsp3) is 0.500. The van der Waals surface area contributed by atoms with Gasteiger partial charge in [-0.1, -0.05) is 12.5 Å². The maximum absolute atomic E-state index is 12.5. The summed E-state index contributed by atoms with van der Waals surface area (Å²) in [7, 11) is 1.80. The largest absolute Gasteiger partial charge is 0.365 e. The number of amides is 1. The summed E-state index contributed by atoms with van der Waals surface area (Å²) in [5.41, 5.74) is 4.42. The summed E-state index contributed by atoms with van der Waals surface area (Å²) in [4.78, 5) is 14.3. The molecule has 0 bridgehead atoms. The minimum atomic E-state index is 0.0497. The molecule has 5 heteroatoms. The van der Waals surface area contributed by atoms with Gasteiger partial charge < -0.3 is 10.2 Å². The average Bonchev–Trinajstić information content (AvgIpc) is 2.90. The molecule has 2 rings (SSSR count). The third kappa shape index (κ3) is 3.54. The molecule has 21 heavy (non-hydrogen) atoms. The first-order chi connectivity index (χ1) is 10.0. The number of allylic oxidation sites excluding steroid dienone is 1. The lowest BCUT2D eigenvalue weighted by Crippen LogP contribution is -2.39. The van der Waals surface area contributed by atoms with Gasteiger partial charge in [0, 0.05) is 38.5 Å². The standard InChI is InChI=1S/C16H24N4O/c1-5-12(2)10-17-14-7-9-20(11-13(14)3)16(21)15-6-8-18-19(15)4/h6,8,10,17H,5,7,9,11H2,1-4H3. The molecule has 5 nitrogen and oxygen atoms in total. The molecule has 1 aromatic heterocycles. The molecule has 0 fully saturated rings. The van der Waals surface area contributed by atoms with Crippen LogP contribution in [0.1, 0.15) is 44.1 Å². The van der Waals surface area contributed by atoms with E-state index in [-0.39, 0.29) is 5.91 Å². The van der Waals surface area contributed by atoms with E-state index in [1.165, 1.54) is 16.8 Å². The first kappa shape index (κ1) is 15.4. The van der Waals surface area contributed by atoms with Crippen LogP contribution in [0, 0.1) is 0 Å². The molecular weight excluding hydrogens is 264 g/mol. The van der Waals surface area contributed by atoms with Gasteiger partial charge in [-0.3, -0.25) is 9.48 Å². The van der Waals surface area contributed by atoms with Crippen molar-refractivity contribution >= 4 is 5.91 Å². The molecule has 0 spiro atoms. The molecule has 0 atom stereocenters. The van der Waals surface area contributed by atoms with Crippen LogP contribution in [-0.4, -0.2) is 33.7 Å². The minimum Gasteiger partial charge on any atom is -0.365 e. The highest BCUT2D eigenvalue weighted by atomic mass is 16.2. The lowest BCUT2D eigenvalue weighted by Gasteiger charge is -2.29. The Balaban J connectivity index is 2.05. The van der Waals surface area contributed by atoms with Gasteiger partial charge in [-0.2, -0.15) is 5.10 Å². The lowest BCUT2D eigenvalue weighted by atomic mass is 10.1. The van der Waals surface area contributed by atoms with Crippen molar-refractivity contribution in [2.45, 2.75) is 33.6 Å². The Kier molecular flexibility index (Phi) is 4.83. The minimum absolute atomic E-state index is 0.0497. The van der Waals surface area contributed by atoms with Gasteiger partial charge in [-0.15, -0.1) is 0 Å². The molecule has 1 aliphatic rings. The Morgan fingerprint density at radius 1 is 1.52 bits per heavy atom. The number of nitrogens with zero attached hydrogens (tertiary/aromatic N) is 3. The first-order valence-electron chi connectivity index (χ1n) is 7.41. The van der Waals surface area contributed by atoms with Crippen LogP contribution in [-0.2, 0) is 7.05 Å². The summed E-state index contributed by atoms with van der Waals surface area (Å²) >= 11 is 0. The Morgan fingerprint density at radius 3 is 2.86 bits per heavy atom. The summed E-state index contributed by atoms with van der Waals surface area (Å²) in [6.07, 6.45) is 5.63. The second-order valence-corrected chi connectivity index (χ2v) is 5.56. The molecule has 0 radical (unpaired) electrons. The van der Waals surface area contributed by atoms with Gasteiger partial charge in [0.05, 0.1) is 0 Å². The van der Waals surface area contributed by atoms with E-state index in [9.17, 15) is 4.79 Å². The molecule has 1 aromatic rings. The second-order valence-electron chi connectivity index (χ2n) is 5.56. The van der Waals surface area contributed by atoms with Gasteiger partial charge in [0.15, 0.2) is 0 Å². The Labute approximate surface area is 126 Å². The number of carbonyl (C=O) groups excluding carboxylic acids is 1. The molecule has 0 saturated carbocycles. The van der Waals surface area contributed by atoms with Crippen LogP contribution in [0.3, 0.4) is 0 Å². The van der Waals surface area contributed by atoms with E-state index in [0.717, 1.165) is 19.4 Å². The van der Waals surface area contributed by atoms with E-state index < -0.39 is 0 Å². The monoisotopic (exact) mass is 288 g/mol. The molecule has 1 aliphatic heterocycles. The Morgan fingerprint density at radius 2 is 2.29 bits per heavy atom. The number of aryl methyl sites for hydroxylation is 1. The van der Waals surface area contributed by atoms with Gasteiger partial charge in [0.25, 0.3) is 5.91 Å². The van der Waals surface area contributed by atoms with Crippen LogP contribution in [0.25, 0.3) is 0 Å². The molecule has 0 unspecified atom stereocenters. The highest BCUT2D eigenvalue weighted by Gasteiger charge is 2.23. The van der Waals surface area contributed by atoms with E-state index in [1.54, 1.807) is 24.0 Å². The molecule has 0 saturated heterocycles. The second kappa shape index (κ2) is 6.61. The molecule has 1 N–H and O–H groups in total. The number of hydrogen-bond acceptors (Lipinski definition) is 3. The number of nitrogens with one attached hydrogen (secondary N) is 1. The van der Waals surface area contributed by atoms with Crippen molar-refractivity contribution in [3.63, 3.8) is 0 Å². The van der Waals surface area contributed by atoms with Gasteiger partial charge >= 0.3 is 0 Å². The molecule has 0 aromatic carbocycles. The summed E-state index contributed by atoms with van der Waals surface area (Å²) in [5.74, 6) is 0.0497. The fourth-order valence-electron chi connectivity index (χ4n) is 2.35. The smallest absolute Gasteiger partial charge is 0.272 e. The quantitative estimate of drug-likeness (QED) is 0.926. The molecular formula is C16H24N4O. The molecule has 2 heterocycles. The normalized spacial score (nSPS) is 16.4. The van der Waals surface area contributed by atoms with Crippen molar-refractivity contribution in [2.24, 2.45) is 7.05 Å².